The van der Waals surface area contributed by atoms with Gasteiger partial charge < -0.3 is 69.9 Å². The maximum absolute atomic E-state index is 12.9. The third-order valence-electron chi connectivity index (χ3n) is 12.3. The minimum atomic E-state index is -3.27. The van der Waals surface area contributed by atoms with Crippen LogP contribution in [0.25, 0.3) is 22.0 Å². The van der Waals surface area contributed by atoms with Crippen LogP contribution in [-0.4, -0.2) is 195 Å². The minimum Gasteiger partial charge on any atom is -0.389 e. The van der Waals surface area contributed by atoms with Gasteiger partial charge in [0.25, 0.3) is 0 Å². The van der Waals surface area contributed by atoms with Crippen LogP contribution in [0.4, 0.5) is 5.69 Å². The molecule has 408 valence electrons. The molecule has 3 heterocycles. The number of ether oxygens (including phenoxy) is 8. The Morgan fingerprint density at radius 2 is 1.34 bits per heavy atom. The molecule has 0 radical (unpaired) electrons. The highest BCUT2D eigenvalue weighted by atomic mass is 32.2. The summed E-state index contributed by atoms with van der Waals surface area (Å²) in [5.41, 5.74) is 16.5. The second kappa shape index (κ2) is 34.0. The molecular formula is C50H77N7O13S3. The van der Waals surface area contributed by atoms with Gasteiger partial charge >= 0.3 is 0 Å². The fraction of sp³-hybridized carbons (Fsp3) is 0.640. The molecule has 0 bridgehead atoms. The zero-order valence-electron chi connectivity index (χ0n) is 42.2. The van der Waals surface area contributed by atoms with Crippen LogP contribution in [0.15, 0.2) is 48.7 Å². The highest BCUT2D eigenvalue weighted by Gasteiger charge is 2.33. The zero-order valence-corrected chi connectivity index (χ0v) is 44.6. The van der Waals surface area contributed by atoms with Crippen LogP contribution < -0.4 is 27.4 Å². The van der Waals surface area contributed by atoms with Crippen molar-refractivity contribution in [3.05, 3.63) is 54.2 Å². The van der Waals surface area contributed by atoms with Crippen molar-refractivity contribution in [1.82, 2.24) is 19.5 Å². The Hall–Kier alpha value is -3.82. The molecule has 73 heavy (non-hydrogen) atoms. The van der Waals surface area contributed by atoms with E-state index in [1.165, 1.54) is 10.6 Å². The third-order valence-corrected chi connectivity index (χ3v) is 15.4. The molecule has 3 atom stereocenters. The van der Waals surface area contributed by atoms with Gasteiger partial charge in [0.1, 0.15) is 4.99 Å². The van der Waals surface area contributed by atoms with E-state index in [0.717, 1.165) is 52.6 Å². The van der Waals surface area contributed by atoms with E-state index >= 15 is 0 Å². The lowest BCUT2D eigenvalue weighted by atomic mass is 10.0. The first kappa shape index (κ1) is 60.0. The van der Waals surface area contributed by atoms with Gasteiger partial charge in [-0.3, -0.25) is 14.4 Å². The Balaban J connectivity index is 0.785. The Morgan fingerprint density at radius 3 is 1.90 bits per heavy atom. The lowest BCUT2D eigenvalue weighted by Crippen LogP contribution is -2.46. The number of amides is 3. The van der Waals surface area contributed by atoms with Crippen molar-refractivity contribution in [1.29, 1.82) is 0 Å². The van der Waals surface area contributed by atoms with Gasteiger partial charge in [0.05, 0.1) is 130 Å². The summed E-state index contributed by atoms with van der Waals surface area (Å²) in [6.07, 6.45) is 8.70. The standard InChI is InChI=1S/C50H77N7O13S3/c1-73(61,62)56-15-11-41(12-16-56)57-35-43(38-5-4-6-39(33-38)50(52)71)42-10-9-40(34-45(42)57)55-48(60)13-17-63-19-21-65-23-25-67-27-29-69-31-32-70-30-28-68-26-24-66-22-20-64-18-14-53-47(59)8-3-2-7-46-49(51)44(36-72-46)54-37-58/h4-6,9-10,33-35,37,41,44,46,49H,2-3,7-8,11-32,36,51H2,1H3,(H2,52,71)(H,53,59)(H,54,58)(H,55,60)/t44-,46-,49-/m0/s1. The SMILES string of the molecule is CS(=O)(=O)N1CCC(n2cc(-c3cccc(C(N)=S)c3)c3ccc(NC(=O)CCOCCOCCOCCOCCOCCOCCOCCOCCNC(=O)CCCC[C@@H]4SC[C@H](NC=O)[C@@H]4N)cc32)CC1. The number of piperidine rings is 1. The van der Waals surface area contributed by atoms with E-state index in [0.29, 0.717) is 160 Å². The number of sulfonamides is 1. The van der Waals surface area contributed by atoms with Gasteiger partial charge in [0.15, 0.2) is 0 Å². The Labute approximate surface area is 439 Å². The number of thioether (sulfide) groups is 1. The summed E-state index contributed by atoms with van der Waals surface area (Å²) in [4.78, 5) is 36.0. The quantitative estimate of drug-likeness (QED) is 0.0312. The van der Waals surface area contributed by atoms with Crippen molar-refractivity contribution in [2.24, 2.45) is 11.5 Å². The molecular weight excluding hydrogens is 1000 g/mol. The van der Waals surface area contributed by atoms with E-state index < -0.39 is 10.0 Å². The number of hydrogen-bond acceptors (Lipinski definition) is 16. The largest absolute Gasteiger partial charge is 0.389 e. The minimum absolute atomic E-state index is 0.0141. The van der Waals surface area contributed by atoms with Gasteiger partial charge in [0.2, 0.25) is 28.2 Å². The molecule has 2 aliphatic rings. The predicted molar refractivity (Wildman–Crippen MR) is 286 cm³/mol. The number of hydrogen-bond donors (Lipinski definition) is 5. The summed E-state index contributed by atoms with van der Waals surface area (Å²) in [5, 5.41) is 9.97. The summed E-state index contributed by atoms with van der Waals surface area (Å²) >= 11 is 7.03. The summed E-state index contributed by atoms with van der Waals surface area (Å²) < 4.78 is 72.5. The Morgan fingerprint density at radius 1 is 0.767 bits per heavy atom. The fourth-order valence-electron chi connectivity index (χ4n) is 8.40. The van der Waals surface area contributed by atoms with Gasteiger partial charge in [0, 0.05) is 77.5 Å². The number of nitrogens with zero attached hydrogens (tertiary/aromatic N) is 2. The van der Waals surface area contributed by atoms with Crippen LogP contribution in [0, 0.1) is 0 Å². The molecule has 1 aromatic heterocycles. The van der Waals surface area contributed by atoms with Crippen molar-refractivity contribution < 1.29 is 60.7 Å². The predicted octanol–water partition coefficient (Wildman–Crippen LogP) is 3.23. The van der Waals surface area contributed by atoms with Crippen LogP contribution in [0.5, 0.6) is 0 Å². The average molecular weight is 1080 g/mol. The molecule has 0 aliphatic carbocycles. The summed E-state index contributed by atoms with van der Waals surface area (Å²) in [6, 6.07) is 13.7. The number of benzene rings is 2. The topological polar surface area (TPSA) is 255 Å². The van der Waals surface area contributed by atoms with Gasteiger partial charge in [-0.1, -0.05) is 42.9 Å². The number of carbonyl (C=O) groups excluding carboxylic acids is 3. The van der Waals surface area contributed by atoms with Crippen LogP contribution in [0.2, 0.25) is 0 Å². The average Bonchev–Trinajstić information content (AvgIpc) is 3.93. The van der Waals surface area contributed by atoms with Gasteiger partial charge in [-0.15, -0.1) is 0 Å². The second-order valence-corrected chi connectivity index (χ2v) is 21.3. The lowest BCUT2D eigenvalue weighted by Gasteiger charge is -2.31. The maximum Gasteiger partial charge on any atom is 0.226 e. The number of fused-ring (bicyclic) bond motifs is 1. The van der Waals surface area contributed by atoms with Gasteiger partial charge in [-0.25, -0.2) is 12.7 Å². The molecule has 2 fully saturated rings. The molecule has 3 amide bonds. The summed E-state index contributed by atoms with van der Waals surface area (Å²) in [5.74, 6) is 0.672. The van der Waals surface area contributed by atoms with Gasteiger partial charge in [-0.05, 0) is 49.4 Å². The number of carbonyl (C=O) groups is 3. The zero-order chi connectivity index (χ0) is 52.1. The molecule has 2 aromatic carbocycles. The van der Waals surface area contributed by atoms with Crippen LogP contribution in [0.3, 0.4) is 0 Å². The fourth-order valence-corrected chi connectivity index (χ4v) is 10.9. The van der Waals surface area contributed by atoms with Crippen molar-refractivity contribution in [2.45, 2.75) is 68.3 Å². The molecule has 0 saturated carbocycles. The number of unbranched alkanes of at least 4 members (excludes halogenated alkanes) is 1. The number of nitrogens with two attached hydrogens (primary N) is 2. The molecule has 20 nitrogen and oxygen atoms in total. The lowest BCUT2D eigenvalue weighted by molar-refractivity contribution is -0.121. The highest BCUT2D eigenvalue weighted by Crippen LogP contribution is 2.37. The molecule has 5 rings (SSSR count). The smallest absolute Gasteiger partial charge is 0.226 e. The van der Waals surface area contributed by atoms with E-state index in [1.807, 2.05) is 42.5 Å². The van der Waals surface area contributed by atoms with Crippen LogP contribution in [0.1, 0.15) is 56.6 Å². The number of nitrogens with one attached hydrogen (secondary N) is 3. The van der Waals surface area contributed by atoms with E-state index in [9.17, 15) is 22.8 Å². The first-order chi connectivity index (χ1) is 35.4. The van der Waals surface area contributed by atoms with Crippen molar-refractivity contribution >= 4 is 73.8 Å². The number of rotatable bonds is 39. The summed E-state index contributed by atoms with van der Waals surface area (Å²) in [7, 11) is -3.27. The summed E-state index contributed by atoms with van der Waals surface area (Å²) in [6.45, 7) is 7.99. The van der Waals surface area contributed by atoms with Gasteiger partial charge in [-0.2, -0.15) is 11.8 Å². The molecule has 23 heteroatoms. The van der Waals surface area contributed by atoms with Crippen molar-refractivity contribution in [3.63, 3.8) is 0 Å². The van der Waals surface area contributed by atoms with E-state index in [1.54, 1.807) is 11.8 Å². The maximum atomic E-state index is 12.9. The number of anilines is 1. The molecule has 0 unspecified atom stereocenters. The van der Waals surface area contributed by atoms with Crippen molar-refractivity contribution in [3.8, 4) is 11.1 Å². The van der Waals surface area contributed by atoms with E-state index in [-0.39, 0.29) is 43.0 Å². The molecule has 0 spiro atoms. The van der Waals surface area contributed by atoms with E-state index in [2.05, 4.69) is 26.7 Å². The van der Waals surface area contributed by atoms with Crippen molar-refractivity contribution in [2.75, 3.05) is 143 Å². The normalized spacial score (nSPS) is 17.5. The third kappa shape index (κ3) is 22.1. The molecule has 7 N–H and O–H groups in total. The second-order valence-electron chi connectivity index (χ2n) is 17.7. The number of aromatic nitrogens is 1. The Bertz CT molecular complexity index is 2230. The monoisotopic (exact) mass is 1080 g/mol. The highest BCUT2D eigenvalue weighted by molar-refractivity contribution is 8.00. The van der Waals surface area contributed by atoms with E-state index in [4.69, 9.17) is 61.6 Å². The number of thiocarbonyl (C=S) groups is 1. The molecule has 3 aromatic rings. The van der Waals surface area contributed by atoms with Crippen LogP contribution in [-0.2, 0) is 62.3 Å². The first-order valence-electron chi connectivity index (χ1n) is 25.2. The first-order valence-corrected chi connectivity index (χ1v) is 28.5. The Kier molecular flexibility index (Phi) is 27.9. The molecule has 2 saturated heterocycles. The van der Waals surface area contributed by atoms with Crippen LogP contribution >= 0.6 is 24.0 Å². The molecule has 2 aliphatic heterocycles.